The molecule has 0 saturated carbocycles. The molecule has 1 amide bonds. The van der Waals surface area contributed by atoms with Gasteiger partial charge in [-0.25, -0.2) is 0 Å². The normalized spacial score (nSPS) is 12.1. The van der Waals surface area contributed by atoms with Crippen LogP contribution in [0.2, 0.25) is 0 Å². The fourth-order valence-electron chi connectivity index (χ4n) is 1.40. The van der Waals surface area contributed by atoms with Gasteiger partial charge >= 0.3 is 0 Å². The van der Waals surface area contributed by atoms with E-state index in [1.807, 2.05) is 13.8 Å². The lowest BCUT2D eigenvalue weighted by atomic mass is 10.2. The molecule has 1 aromatic rings. The number of anilines is 2. The van der Waals surface area contributed by atoms with Crippen molar-refractivity contribution in [2.24, 2.45) is 5.92 Å². The summed E-state index contributed by atoms with van der Waals surface area (Å²) in [4.78, 5) is 15.7. The molecule has 0 fully saturated rings. The Morgan fingerprint density at radius 3 is 2.68 bits per heavy atom. The van der Waals surface area contributed by atoms with Gasteiger partial charge in [-0.2, -0.15) is 4.98 Å². The molecule has 0 bridgehead atoms. The number of nitrogens with zero attached hydrogens (tertiary/aromatic N) is 1. The lowest BCUT2D eigenvalue weighted by Gasteiger charge is -2.15. The van der Waals surface area contributed by atoms with Gasteiger partial charge in [0.15, 0.2) is 0 Å². The lowest BCUT2D eigenvalue weighted by molar-refractivity contribution is -0.121. The van der Waals surface area contributed by atoms with Crippen LogP contribution < -0.4 is 21.1 Å². The zero-order valence-corrected chi connectivity index (χ0v) is 11.9. The van der Waals surface area contributed by atoms with Crippen molar-refractivity contribution in [3.63, 3.8) is 0 Å². The van der Waals surface area contributed by atoms with Gasteiger partial charge in [0.25, 0.3) is 0 Å². The van der Waals surface area contributed by atoms with E-state index in [1.54, 1.807) is 26.1 Å². The van der Waals surface area contributed by atoms with Crippen LogP contribution in [0.15, 0.2) is 12.1 Å². The number of hydrogen-bond donors (Lipinski definition) is 3. The molecule has 1 aromatic heterocycles. The summed E-state index contributed by atoms with van der Waals surface area (Å²) in [6.45, 7) is 6.40. The Bertz CT molecular complexity index is 435. The number of hydrogen-bond acceptors (Lipinski definition) is 5. The van der Waals surface area contributed by atoms with Gasteiger partial charge in [0.2, 0.25) is 11.8 Å². The SMILES string of the molecule is CNC(=O)C(C)Nc1ccc(N)c(OCC(C)C)n1. The highest BCUT2D eigenvalue weighted by Crippen LogP contribution is 2.21. The van der Waals surface area contributed by atoms with Gasteiger partial charge in [0.05, 0.1) is 12.3 Å². The first-order valence-electron chi connectivity index (χ1n) is 6.31. The molecule has 106 valence electrons. The number of carbonyl (C=O) groups excluding carboxylic acids is 1. The Morgan fingerprint density at radius 2 is 2.11 bits per heavy atom. The highest BCUT2D eigenvalue weighted by molar-refractivity contribution is 5.83. The summed E-state index contributed by atoms with van der Waals surface area (Å²) in [5.74, 6) is 1.23. The lowest BCUT2D eigenvalue weighted by Crippen LogP contribution is -2.35. The van der Waals surface area contributed by atoms with Crippen molar-refractivity contribution in [3.05, 3.63) is 12.1 Å². The molecule has 0 aliphatic carbocycles. The van der Waals surface area contributed by atoms with Gasteiger partial charge in [-0.1, -0.05) is 13.8 Å². The van der Waals surface area contributed by atoms with Crippen molar-refractivity contribution in [1.82, 2.24) is 10.3 Å². The molecular formula is C13H22N4O2. The van der Waals surface area contributed by atoms with Crippen LogP contribution in [0, 0.1) is 5.92 Å². The van der Waals surface area contributed by atoms with E-state index in [4.69, 9.17) is 10.5 Å². The number of amides is 1. The van der Waals surface area contributed by atoms with Crippen molar-refractivity contribution in [1.29, 1.82) is 0 Å². The highest BCUT2D eigenvalue weighted by Gasteiger charge is 2.12. The standard InChI is InChI=1S/C13H22N4O2/c1-8(2)7-19-13-10(14)5-6-11(17-13)16-9(3)12(18)15-4/h5-6,8-9H,7,14H2,1-4H3,(H,15,18)(H,16,17). The minimum atomic E-state index is -0.376. The van der Waals surface area contributed by atoms with Crippen LogP contribution >= 0.6 is 0 Å². The van der Waals surface area contributed by atoms with Crippen molar-refractivity contribution < 1.29 is 9.53 Å². The summed E-state index contributed by atoms with van der Waals surface area (Å²) in [7, 11) is 1.59. The number of nitrogen functional groups attached to an aromatic ring is 1. The van der Waals surface area contributed by atoms with E-state index in [1.165, 1.54) is 0 Å². The maximum absolute atomic E-state index is 11.4. The van der Waals surface area contributed by atoms with E-state index in [2.05, 4.69) is 15.6 Å². The van der Waals surface area contributed by atoms with Crippen molar-refractivity contribution >= 4 is 17.4 Å². The molecule has 1 atom stereocenters. The zero-order valence-electron chi connectivity index (χ0n) is 11.9. The predicted octanol–water partition coefficient (Wildman–Crippen LogP) is 1.24. The number of carbonyl (C=O) groups is 1. The summed E-state index contributed by atoms with van der Waals surface area (Å²) in [5, 5.41) is 5.56. The summed E-state index contributed by atoms with van der Waals surface area (Å²) < 4.78 is 5.53. The summed E-state index contributed by atoms with van der Waals surface area (Å²) in [6, 6.07) is 3.05. The van der Waals surface area contributed by atoms with Gasteiger partial charge in [-0.3, -0.25) is 4.79 Å². The van der Waals surface area contributed by atoms with E-state index in [0.717, 1.165) is 0 Å². The van der Waals surface area contributed by atoms with Crippen LogP contribution in [0.25, 0.3) is 0 Å². The molecule has 6 heteroatoms. The van der Waals surface area contributed by atoms with Gasteiger partial charge < -0.3 is 21.1 Å². The number of likely N-dealkylation sites (N-methyl/N-ethyl adjacent to an activating group) is 1. The molecule has 0 saturated heterocycles. The third-order valence-corrected chi connectivity index (χ3v) is 2.45. The molecule has 4 N–H and O–H groups in total. The van der Waals surface area contributed by atoms with Crippen LogP contribution in [-0.2, 0) is 4.79 Å². The van der Waals surface area contributed by atoms with Crippen molar-refractivity contribution in [2.45, 2.75) is 26.8 Å². The van der Waals surface area contributed by atoms with Crippen LogP contribution in [0.4, 0.5) is 11.5 Å². The number of ether oxygens (including phenoxy) is 1. The monoisotopic (exact) mass is 266 g/mol. The molecule has 0 aliphatic heterocycles. The third kappa shape index (κ3) is 4.65. The first-order chi connectivity index (χ1) is 8.93. The second-order valence-corrected chi connectivity index (χ2v) is 4.78. The predicted molar refractivity (Wildman–Crippen MR) is 76.1 cm³/mol. The Balaban J connectivity index is 2.75. The van der Waals surface area contributed by atoms with Crippen LogP contribution in [0.5, 0.6) is 5.88 Å². The van der Waals surface area contributed by atoms with E-state index >= 15 is 0 Å². The number of nitrogens with two attached hydrogens (primary N) is 1. The molecule has 1 unspecified atom stereocenters. The molecule has 19 heavy (non-hydrogen) atoms. The average Bonchev–Trinajstić information content (AvgIpc) is 2.38. The molecule has 0 spiro atoms. The maximum atomic E-state index is 11.4. The van der Waals surface area contributed by atoms with Gasteiger partial charge in [0, 0.05) is 7.05 Å². The Kier molecular flexibility index (Phi) is 5.41. The van der Waals surface area contributed by atoms with E-state index in [0.29, 0.717) is 29.9 Å². The summed E-state index contributed by atoms with van der Waals surface area (Å²) in [6.07, 6.45) is 0. The molecule has 0 radical (unpaired) electrons. The first-order valence-corrected chi connectivity index (χ1v) is 6.31. The van der Waals surface area contributed by atoms with Crippen LogP contribution in [0.1, 0.15) is 20.8 Å². The molecule has 0 aromatic carbocycles. The molecule has 1 heterocycles. The van der Waals surface area contributed by atoms with Crippen molar-refractivity contribution in [2.75, 3.05) is 24.7 Å². The third-order valence-electron chi connectivity index (χ3n) is 2.45. The Morgan fingerprint density at radius 1 is 1.42 bits per heavy atom. The topological polar surface area (TPSA) is 89.3 Å². The van der Waals surface area contributed by atoms with E-state index in [9.17, 15) is 4.79 Å². The molecule has 6 nitrogen and oxygen atoms in total. The maximum Gasteiger partial charge on any atom is 0.241 e. The number of nitrogens with one attached hydrogen (secondary N) is 2. The largest absolute Gasteiger partial charge is 0.476 e. The highest BCUT2D eigenvalue weighted by atomic mass is 16.5. The van der Waals surface area contributed by atoms with Gasteiger partial charge in [0.1, 0.15) is 11.9 Å². The quantitative estimate of drug-likeness (QED) is 0.721. The molecule has 1 rings (SSSR count). The second-order valence-electron chi connectivity index (χ2n) is 4.78. The minimum absolute atomic E-state index is 0.108. The summed E-state index contributed by atoms with van der Waals surface area (Å²) >= 11 is 0. The van der Waals surface area contributed by atoms with E-state index in [-0.39, 0.29) is 11.9 Å². The zero-order chi connectivity index (χ0) is 14.4. The van der Waals surface area contributed by atoms with Crippen LogP contribution in [-0.4, -0.2) is 30.6 Å². The average molecular weight is 266 g/mol. The molecule has 0 aliphatic rings. The second kappa shape index (κ2) is 6.82. The fourth-order valence-corrected chi connectivity index (χ4v) is 1.40. The van der Waals surface area contributed by atoms with Gasteiger partial charge in [-0.05, 0) is 25.0 Å². The Labute approximate surface area is 113 Å². The Hall–Kier alpha value is -1.98. The van der Waals surface area contributed by atoms with Crippen LogP contribution in [0.3, 0.4) is 0 Å². The van der Waals surface area contributed by atoms with E-state index < -0.39 is 0 Å². The fraction of sp³-hybridized carbons (Fsp3) is 0.538. The number of aromatic nitrogens is 1. The van der Waals surface area contributed by atoms with Crippen molar-refractivity contribution in [3.8, 4) is 5.88 Å². The number of pyridine rings is 1. The van der Waals surface area contributed by atoms with Gasteiger partial charge in [-0.15, -0.1) is 0 Å². The first kappa shape index (κ1) is 15.1. The minimum Gasteiger partial charge on any atom is -0.476 e. The number of rotatable bonds is 6. The molecular weight excluding hydrogens is 244 g/mol. The summed E-state index contributed by atoms with van der Waals surface area (Å²) in [5.41, 5.74) is 6.28. The smallest absolute Gasteiger partial charge is 0.241 e.